The van der Waals surface area contributed by atoms with Crippen LogP contribution in [-0.2, 0) is 20.6 Å². The molecule has 2 aliphatic rings. The van der Waals surface area contributed by atoms with E-state index in [2.05, 4.69) is 0 Å². The molecule has 2 fully saturated rings. The van der Waals surface area contributed by atoms with Crippen molar-refractivity contribution in [2.75, 3.05) is 53.9 Å². The van der Waals surface area contributed by atoms with Crippen LogP contribution < -0.4 is 0 Å². The van der Waals surface area contributed by atoms with E-state index in [0.717, 1.165) is 5.56 Å². The predicted octanol–water partition coefficient (Wildman–Crippen LogP) is 0.664. The molecule has 1 atom stereocenters. The molecule has 8 nitrogen and oxygen atoms in total. The van der Waals surface area contributed by atoms with Crippen LogP contribution in [0, 0.1) is 5.41 Å². The highest BCUT2D eigenvalue weighted by Gasteiger charge is 2.48. The summed E-state index contributed by atoms with van der Waals surface area (Å²) in [5, 5.41) is 0. The van der Waals surface area contributed by atoms with Gasteiger partial charge < -0.3 is 14.7 Å². The molecule has 0 radical (unpaired) electrons. The Kier molecular flexibility index (Phi) is 5.67. The quantitative estimate of drug-likeness (QED) is 0.736. The van der Waals surface area contributed by atoms with Gasteiger partial charge in [-0.15, -0.1) is 0 Å². The van der Waals surface area contributed by atoms with Gasteiger partial charge >= 0.3 is 6.03 Å². The number of amides is 3. The number of urea groups is 1. The highest BCUT2D eigenvalue weighted by atomic mass is 32.2. The Bertz CT molecular complexity index is 843. The minimum atomic E-state index is -3.58. The van der Waals surface area contributed by atoms with Crippen LogP contribution in [0.4, 0.5) is 4.79 Å². The first kappa shape index (κ1) is 20.6. The van der Waals surface area contributed by atoms with Crippen molar-refractivity contribution >= 4 is 22.0 Å². The van der Waals surface area contributed by atoms with Crippen LogP contribution in [0.25, 0.3) is 0 Å². The molecule has 0 N–H and O–H groups in total. The average Bonchev–Trinajstić information content (AvgIpc) is 2.79. The molecule has 3 rings (SSSR count). The fourth-order valence-corrected chi connectivity index (χ4v) is 5.72. The summed E-state index contributed by atoms with van der Waals surface area (Å²) < 4.78 is 27.7. The normalized spacial score (nSPS) is 23.9. The van der Waals surface area contributed by atoms with E-state index in [0.29, 0.717) is 19.6 Å². The van der Waals surface area contributed by atoms with Gasteiger partial charge in [0.25, 0.3) is 0 Å². The monoisotopic (exact) mass is 408 g/mol. The van der Waals surface area contributed by atoms with Crippen molar-refractivity contribution in [2.45, 2.75) is 12.2 Å². The molecule has 0 unspecified atom stereocenters. The van der Waals surface area contributed by atoms with E-state index in [1.165, 1.54) is 9.21 Å². The van der Waals surface area contributed by atoms with Crippen LogP contribution in [0.1, 0.15) is 12.0 Å². The van der Waals surface area contributed by atoms with Gasteiger partial charge in [-0.2, -0.15) is 4.31 Å². The number of rotatable bonds is 3. The molecule has 0 saturated carbocycles. The van der Waals surface area contributed by atoms with Crippen molar-refractivity contribution in [3.63, 3.8) is 0 Å². The summed E-state index contributed by atoms with van der Waals surface area (Å²) in [7, 11) is 1.50. The van der Waals surface area contributed by atoms with Crippen LogP contribution in [0.5, 0.6) is 0 Å². The molecular weight excluding hydrogens is 380 g/mol. The number of likely N-dealkylation sites (tertiary alicyclic amines) is 1. The third-order valence-corrected chi connectivity index (χ3v) is 7.22. The van der Waals surface area contributed by atoms with Crippen molar-refractivity contribution in [2.24, 2.45) is 5.41 Å². The number of hydrogen-bond acceptors (Lipinski definition) is 4. The third-order valence-electron chi connectivity index (χ3n) is 5.42. The molecule has 2 heterocycles. The minimum Gasteiger partial charge on any atom is -0.345 e. The van der Waals surface area contributed by atoms with Gasteiger partial charge in [0.2, 0.25) is 15.9 Å². The topological polar surface area (TPSA) is 81.2 Å². The maximum absolute atomic E-state index is 13.1. The van der Waals surface area contributed by atoms with E-state index < -0.39 is 15.4 Å². The van der Waals surface area contributed by atoms with E-state index in [4.69, 9.17) is 0 Å². The van der Waals surface area contributed by atoms with Crippen molar-refractivity contribution in [3.8, 4) is 0 Å². The summed E-state index contributed by atoms with van der Waals surface area (Å²) in [5.74, 6) is -0.102. The Labute approximate surface area is 166 Å². The lowest BCUT2D eigenvalue weighted by molar-refractivity contribution is -0.126. The summed E-state index contributed by atoms with van der Waals surface area (Å²) in [5.41, 5.74) is 0.138. The van der Waals surface area contributed by atoms with Gasteiger partial charge in [0.15, 0.2) is 0 Å². The molecule has 2 saturated heterocycles. The third kappa shape index (κ3) is 4.30. The molecule has 154 valence electrons. The van der Waals surface area contributed by atoms with Crippen molar-refractivity contribution in [1.82, 2.24) is 19.0 Å². The number of carbonyl (C=O) groups is 2. The molecule has 0 bridgehead atoms. The molecule has 3 amide bonds. The second-order valence-electron chi connectivity index (χ2n) is 8.10. The molecular formula is C19H28N4O4S. The molecule has 1 aromatic rings. The smallest absolute Gasteiger partial charge is 0.319 e. The van der Waals surface area contributed by atoms with Gasteiger partial charge in [-0.25, -0.2) is 13.2 Å². The zero-order valence-corrected chi connectivity index (χ0v) is 17.5. The molecule has 1 spiro atoms. The standard InChI is InChI=1S/C19H28N4O4S/c1-20(2)18(25)22-9-10-23(15-19(14-22)11-17(24)21(3)13-19)28(26,27)12-16-7-5-4-6-8-16/h4-8H,9-15H2,1-3H3/t19-/m1/s1. The van der Waals surface area contributed by atoms with Crippen LogP contribution in [0.15, 0.2) is 30.3 Å². The van der Waals surface area contributed by atoms with Crippen molar-refractivity contribution < 1.29 is 18.0 Å². The average molecular weight is 409 g/mol. The summed E-state index contributed by atoms with van der Waals surface area (Å²) in [6.07, 6.45) is 0.248. The van der Waals surface area contributed by atoms with Gasteiger partial charge in [-0.3, -0.25) is 4.79 Å². The molecule has 2 aliphatic heterocycles. The van der Waals surface area contributed by atoms with Gasteiger partial charge in [0.05, 0.1) is 5.75 Å². The molecule has 0 aliphatic carbocycles. The van der Waals surface area contributed by atoms with E-state index in [-0.39, 0.29) is 37.2 Å². The zero-order chi connectivity index (χ0) is 20.5. The summed E-state index contributed by atoms with van der Waals surface area (Å²) in [6.45, 7) is 1.60. The van der Waals surface area contributed by atoms with Gasteiger partial charge in [0, 0.05) is 65.7 Å². The lowest BCUT2D eigenvalue weighted by atomic mass is 9.86. The van der Waals surface area contributed by atoms with Gasteiger partial charge in [0.1, 0.15) is 0 Å². The molecule has 9 heteroatoms. The molecule has 1 aromatic carbocycles. The van der Waals surface area contributed by atoms with Crippen LogP contribution in [-0.4, -0.2) is 93.2 Å². The first-order valence-electron chi connectivity index (χ1n) is 9.34. The van der Waals surface area contributed by atoms with Crippen LogP contribution in [0.3, 0.4) is 0 Å². The second kappa shape index (κ2) is 7.71. The van der Waals surface area contributed by atoms with E-state index in [1.54, 1.807) is 43.1 Å². The SMILES string of the molecule is CN(C)C(=O)N1CCN(S(=O)(=O)Cc2ccccc2)C[C@@]2(CC(=O)N(C)C2)C1. The highest BCUT2D eigenvalue weighted by Crippen LogP contribution is 2.35. The van der Waals surface area contributed by atoms with Crippen LogP contribution in [0.2, 0.25) is 0 Å². The number of hydrogen-bond donors (Lipinski definition) is 0. The van der Waals surface area contributed by atoms with Crippen molar-refractivity contribution in [3.05, 3.63) is 35.9 Å². The zero-order valence-electron chi connectivity index (χ0n) is 16.7. The lowest BCUT2D eigenvalue weighted by Crippen LogP contribution is -2.47. The van der Waals surface area contributed by atoms with Gasteiger partial charge in [-0.1, -0.05) is 30.3 Å². The summed E-state index contributed by atoms with van der Waals surface area (Å²) in [4.78, 5) is 29.6. The number of sulfonamides is 1. The van der Waals surface area contributed by atoms with Crippen LogP contribution >= 0.6 is 0 Å². The maximum Gasteiger partial charge on any atom is 0.319 e. The summed E-state index contributed by atoms with van der Waals surface area (Å²) >= 11 is 0. The lowest BCUT2D eigenvalue weighted by Gasteiger charge is -2.34. The second-order valence-corrected chi connectivity index (χ2v) is 10.1. The Morgan fingerprint density at radius 3 is 2.36 bits per heavy atom. The van der Waals surface area contributed by atoms with Crippen molar-refractivity contribution in [1.29, 1.82) is 0 Å². The van der Waals surface area contributed by atoms with E-state index in [9.17, 15) is 18.0 Å². The number of carbonyl (C=O) groups excluding carboxylic acids is 2. The van der Waals surface area contributed by atoms with E-state index >= 15 is 0 Å². The molecule has 0 aromatic heterocycles. The van der Waals surface area contributed by atoms with Gasteiger partial charge in [-0.05, 0) is 5.56 Å². The Balaban J connectivity index is 1.88. The first-order chi connectivity index (χ1) is 13.1. The number of nitrogens with zero attached hydrogens (tertiary/aromatic N) is 4. The maximum atomic E-state index is 13.1. The Hall–Kier alpha value is -2.13. The minimum absolute atomic E-state index is 0.0143. The fraction of sp³-hybridized carbons (Fsp3) is 0.579. The van der Waals surface area contributed by atoms with E-state index in [1.807, 2.05) is 18.2 Å². The first-order valence-corrected chi connectivity index (χ1v) is 10.9. The number of benzene rings is 1. The fourth-order valence-electron chi connectivity index (χ4n) is 4.09. The predicted molar refractivity (Wildman–Crippen MR) is 106 cm³/mol. The Morgan fingerprint density at radius 1 is 1.11 bits per heavy atom. The highest BCUT2D eigenvalue weighted by molar-refractivity contribution is 7.88. The molecule has 28 heavy (non-hydrogen) atoms. The summed E-state index contributed by atoms with van der Waals surface area (Å²) in [6, 6.07) is 8.90. The largest absolute Gasteiger partial charge is 0.345 e. The Morgan fingerprint density at radius 2 is 1.79 bits per heavy atom.